The molecule has 1 heterocycles. The Balaban J connectivity index is 2.22. The van der Waals surface area contributed by atoms with Crippen LogP contribution in [0, 0.1) is 0 Å². The van der Waals surface area contributed by atoms with Gasteiger partial charge in [0.15, 0.2) is 0 Å². The first-order chi connectivity index (χ1) is 6.09. The minimum atomic E-state index is 0.659. The molecule has 0 radical (unpaired) electrons. The summed E-state index contributed by atoms with van der Waals surface area (Å²) in [5.74, 6) is 0. The van der Waals surface area contributed by atoms with Crippen LogP contribution in [-0.2, 0) is 0 Å². The predicted octanol–water partition coefficient (Wildman–Crippen LogP) is -0.00640. The van der Waals surface area contributed by atoms with Crippen LogP contribution in [0.25, 0.3) is 0 Å². The molecule has 78 valence electrons. The second-order valence-corrected chi connectivity index (χ2v) is 4.10. The van der Waals surface area contributed by atoms with Crippen LogP contribution in [0.3, 0.4) is 0 Å². The van der Waals surface area contributed by atoms with Crippen molar-refractivity contribution in [1.82, 2.24) is 20.5 Å². The highest BCUT2D eigenvalue weighted by Crippen LogP contribution is 2.10. The standard InChI is InChI=1S/C9H22N4/c1-11(2)10-9-5-7-13(8-6-9)12(3)4/h9-10H,5-8H2,1-4H3. The van der Waals surface area contributed by atoms with E-state index in [-0.39, 0.29) is 0 Å². The van der Waals surface area contributed by atoms with Crippen LogP contribution in [0.1, 0.15) is 12.8 Å². The lowest BCUT2D eigenvalue weighted by atomic mass is 10.1. The van der Waals surface area contributed by atoms with Crippen molar-refractivity contribution in [2.24, 2.45) is 0 Å². The summed E-state index contributed by atoms with van der Waals surface area (Å²) in [5.41, 5.74) is 3.43. The van der Waals surface area contributed by atoms with Crippen molar-refractivity contribution in [1.29, 1.82) is 0 Å². The topological polar surface area (TPSA) is 21.8 Å². The van der Waals surface area contributed by atoms with Crippen molar-refractivity contribution in [2.75, 3.05) is 41.3 Å². The molecule has 0 aromatic heterocycles. The van der Waals surface area contributed by atoms with E-state index in [2.05, 4.69) is 48.6 Å². The van der Waals surface area contributed by atoms with E-state index >= 15 is 0 Å². The molecule has 4 heteroatoms. The largest absolute Gasteiger partial charge is 0.253 e. The van der Waals surface area contributed by atoms with Gasteiger partial charge in [0.25, 0.3) is 0 Å². The first kappa shape index (κ1) is 10.9. The van der Waals surface area contributed by atoms with Crippen molar-refractivity contribution in [3.8, 4) is 0 Å². The lowest BCUT2D eigenvalue weighted by Crippen LogP contribution is -2.50. The van der Waals surface area contributed by atoms with E-state index in [0.29, 0.717) is 6.04 Å². The molecule has 0 bridgehead atoms. The Morgan fingerprint density at radius 2 is 1.62 bits per heavy atom. The normalized spacial score (nSPS) is 21.7. The van der Waals surface area contributed by atoms with Gasteiger partial charge < -0.3 is 0 Å². The minimum absolute atomic E-state index is 0.659. The summed E-state index contributed by atoms with van der Waals surface area (Å²) in [7, 11) is 8.33. The van der Waals surface area contributed by atoms with Gasteiger partial charge in [-0.25, -0.2) is 10.0 Å². The summed E-state index contributed by atoms with van der Waals surface area (Å²) in [6, 6.07) is 0.659. The second kappa shape index (κ2) is 4.91. The highest BCUT2D eigenvalue weighted by atomic mass is 15.6. The molecule has 1 aliphatic heterocycles. The van der Waals surface area contributed by atoms with Crippen molar-refractivity contribution >= 4 is 0 Å². The molecule has 4 nitrogen and oxygen atoms in total. The molecule has 0 aromatic rings. The number of nitrogens with zero attached hydrogens (tertiary/aromatic N) is 3. The van der Waals surface area contributed by atoms with Crippen molar-refractivity contribution in [2.45, 2.75) is 18.9 Å². The molecule has 0 atom stereocenters. The maximum atomic E-state index is 3.43. The first-order valence-electron chi connectivity index (χ1n) is 4.95. The third-order valence-corrected chi connectivity index (χ3v) is 2.48. The fourth-order valence-corrected chi connectivity index (χ4v) is 1.76. The molecule has 13 heavy (non-hydrogen) atoms. The smallest absolute Gasteiger partial charge is 0.0240 e. The van der Waals surface area contributed by atoms with Gasteiger partial charge in [0, 0.05) is 47.3 Å². The first-order valence-corrected chi connectivity index (χ1v) is 4.95. The van der Waals surface area contributed by atoms with E-state index in [0.717, 1.165) is 0 Å². The number of piperidine rings is 1. The Morgan fingerprint density at radius 1 is 1.08 bits per heavy atom. The summed E-state index contributed by atoms with van der Waals surface area (Å²) in [5, 5.41) is 6.62. The van der Waals surface area contributed by atoms with E-state index in [1.807, 2.05) is 0 Å². The van der Waals surface area contributed by atoms with E-state index in [1.54, 1.807) is 0 Å². The third kappa shape index (κ3) is 3.60. The van der Waals surface area contributed by atoms with Gasteiger partial charge in [-0.1, -0.05) is 0 Å². The lowest BCUT2D eigenvalue weighted by molar-refractivity contribution is -0.00690. The Hall–Kier alpha value is -0.160. The zero-order chi connectivity index (χ0) is 9.84. The van der Waals surface area contributed by atoms with Gasteiger partial charge in [-0.2, -0.15) is 0 Å². The van der Waals surface area contributed by atoms with Crippen molar-refractivity contribution in [3.63, 3.8) is 0 Å². The molecule has 0 aliphatic carbocycles. The fraction of sp³-hybridized carbons (Fsp3) is 1.00. The van der Waals surface area contributed by atoms with Crippen LogP contribution in [0.2, 0.25) is 0 Å². The molecular weight excluding hydrogens is 164 g/mol. The molecule has 1 fully saturated rings. The molecule has 0 unspecified atom stereocenters. The van der Waals surface area contributed by atoms with Crippen LogP contribution in [-0.4, -0.2) is 62.3 Å². The molecule has 0 amide bonds. The SMILES string of the molecule is CN(C)NC1CCN(N(C)C)CC1. The molecule has 1 N–H and O–H groups in total. The zero-order valence-electron chi connectivity index (χ0n) is 9.25. The van der Waals surface area contributed by atoms with E-state index in [9.17, 15) is 0 Å². The average molecular weight is 186 g/mol. The van der Waals surface area contributed by atoms with E-state index in [1.165, 1.54) is 25.9 Å². The van der Waals surface area contributed by atoms with Gasteiger partial charge in [0.1, 0.15) is 0 Å². The summed E-state index contributed by atoms with van der Waals surface area (Å²) in [6.45, 7) is 2.33. The average Bonchev–Trinajstić information content (AvgIpc) is 2.04. The summed E-state index contributed by atoms with van der Waals surface area (Å²) in [4.78, 5) is 0. The summed E-state index contributed by atoms with van der Waals surface area (Å²) in [6.07, 6.45) is 2.46. The monoisotopic (exact) mass is 186 g/mol. The number of rotatable bonds is 3. The Labute approximate surface area is 81.4 Å². The Morgan fingerprint density at radius 3 is 2.00 bits per heavy atom. The van der Waals surface area contributed by atoms with Gasteiger partial charge in [0.2, 0.25) is 0 Å². The summed E-state index contributed by atoms with van der Waals surface area (Å²) < 4.78 is 0. The molecule has 1 aliphatic rings. The van der Waals surface area contributed by atoms with Crippen LogP contribution in [0.4, 0.5) is 0 Å². The number of hydrogen-bond donors (Lipinski definition) is 1. The molecular formula is C9H22N4. The van der Waals surface area contributed by atoms with Crippen LogP contribution in [0.15, 0.2) is 0 Å². The van der Waals surface area contributed by atoms with Crippen molar-refractivity contribution in [3.05, 3.63) is 0 Å². The lowest BCUT2D eigenvalue weighted by Gasteiger charge is -2.37. The fourth-order valence-electron chi connectivity index (χ4n) is 1.76. The van der Waals surface area contributed by atoms with Crippen LogP contribution >= 0.6 is 0 Å². The van der Waals surface area contributed by atoms with Crippen LogP contribution < -0.4 is 5.43 Å². The molecule has 0 saturated carbocycles. The predicted molar refractivity (Wildman–Crippen MR) is 55.1 cm³/mol. The summed E-state index contributed by atoms with van der Waals surface area (Å²) >= 11 is 0. The Bertz CT molecular complexity index is 139. The number of hydrogen-bond acceptors (Lipinski definition) is 4. The van der Waals surface area contributed by atoms with Crippen molar-refractivity contribution < 1.29 is 0 Å². The quantitative estimate of drug-likeness (QED) is 0.626. The molecule has 0 spiro atoms. The van der Waals surface area contributed by atoms with E-state index < -0.39 is 0 Å². The molecule has 1 saturated heterocycles. The Kier molecular flexibility index (Phi) is 4.12. The molecule has 0 aromatic carbocycles. The van der Waals surface area contributed by atoms with Gasteiger partial charge in [-0.15, -0.1) is 0 Å². The van der Waals surface area contributed by atoms with Gasteiger partial charge >= 0.3 is 0 Å². The maximum Gasteiger partial charge on any atom is 0.0240 e. The number of nitrogens with one attached hydrogen (secondary N) is 1. The third-order valence-electron chi connectivity index (χ3n) is 2.48. The minimum Gasteiger partial charge on any atom is -0.253 e. The van der Waals surface area contributed by atoms with Gasteiger partial charge in [-0.3, -0.25) is 10.4 Å². The molecule has 1 rings (SSSR count). The maximum absolute atomic E-state index is 3.43. The highest BCUT2D eigenvalue weighted by Gasteiger charge is 2.19. The highest BCUT2D eigenvalue weighted by molar-refractivity contribution is 4.73. The zero-order valence-corrected chi connectivity index (χ0v) is 9.25. The van der Waals surface area contributed by atoms with E-state index in [4.69, 9.17) is 0 Å². The van der Waals surface area contributed by atoms with Gasteiger partial charge in [-0.05, 0) is 12.8 Å². The number of hydrazine groups is 2. The van der Waals surface area contributed by atoms with Gasteiger partial charge in [0.05, 0.1) is 0 Å². The van der Waals surface area contributed by atoms with Crippen LogP contribution in [0.5, 0.6) is 0 Å². The second-order valence-electron chi connectivity index (χ2n) is 4.10.